The second kappa shape index (κ2) is 7.35. The summed E-state index contributed by atoms with van der Waals surface area (Å²) in [6.07, 6.45) is 0.570. The molecule has 3 nitrogen and oxygen atoms in total. The lowest BCUT2D eigenvalue weighted by Gasteiger charge is -2.16. The second-order valence-electron chi connectivity index (χ2n) is 6.82. The number of carbonyl (C=O) groups is 1. The minimum atomic E-state index is -0.933. The van der Waals surface area contributed by atoms with Gasteiger partial charge in [-0.1, -0.05) is 30.3 Å². The van der Waals surface area contributed by atoms with Gasteiger partial charge < -0.3 is 9.67 Å². The molecule has 0 aliphatic carbocycles. The van der Waals surface area contributed by atoms with Crippen LogP contribution in [0.5, 0.6) is 0 Å². The van der Waals surface area contributed by atoms with Gasteiger partial charge in [0.25, 0.3) is 0 Å². The number of aryl methyl sites for hydroxylation is 1. The van der Waals surface area contributed by atoms with E-state index in [-0.39, 0.29) is 11.4 Å². The number of rotatable bonds is 4. The lowest BCUT2D eigenvalue weighted by atomic mass is 9.90. The summed E-state index contributed by atoms with van der Waals surface area (Å²) in [5.74, 6) is -3.67. The predicted octanol–water partition coefficient (Wildman–Crippen LogP) is 6.69. The normalized spacial score (nSPS) is 17.1. The Morgan fingerprint density at radius 1 is 1.36 bits per heavy atom. The van der Waals surface area contributed by atoms with Gasteiger partial charge in [-0.15, -0.1) is 0 Å². The summed E-state index contributed by atoms with van der Waals surface area (Å²) in [7, 11) is 0. The van der Waals surface area contributed by atoms with Crippen molar-refractivity contribution in [2.24, 2.45) is 5.92 Å². The lowest BCUT2D eigenvalue weighted by Crippen LogP contribution is -2.17. The van der Waals surface area contributed by atoms with Crippen LogP contribution in [0.1, 0.15) is 25.0 Å². The standard InChI is InChI=1S/C20H15BrClF2NO2S/c1-9(20(26)27)12-6-7-25-17(12)19(28-11-4-2-10(22)3-5-11)15-13(21)8-14(23)16(24)18(15)25/h2-5,8-9,12H,6-7H2,1H3,(H,26,27). The van der Waals surface area contributed by atoms with Crippen LogP contribution in [0.15, 0.2) is 44.6 Å². The van der Waals surface area contributed by atoms with E-state index in [2.05, 4.69) is 15.9 Å². The van der Waals surface area contributed by atoms with E-state index in [1.54, 1.807) is 23.6 Å². The highest BCUT2D eigenvalue weighted by molar-refractivity contribution is 9.10. The molecule has 146 valence electrons. The van der Waals surface area contributed by atoms with Crippen molar-refractivity contribution >= 4 is 56.2 Å². The third-order valence-electron chi connectivity index (χ3n) is 5.21. The first kappa shape index (κ1) is 19.7. The van der Waals surface area contributed by atoms with Crippen molar-refractivity contribution in [3.05, 3.63) is 57.2 Å². The van der Waals surface area contributed by atoms with Crippen LogP contribution in [0, 0.1) is 17.6 Å². The largest absolute Gasteiger partial charge is 0.481 e. The molecule has 1 aliphatic rings. The molecule has 2 heterocycles. The summed E-state index contributed by atoms with van der Waals surface area (Å²) >= 11 is 10.7. The van der Waals surface area contributed by atoms with Crippen molar-refractivity contribution in [2.45, 2.75) is 35.6 Å². The van der Waals surface area contributed by atoms with Gasteiger partial charge in [0, 0.05) is 42.8 Å². The Morgan fingerprint density at radius 3 is 2.68 bits per heavy atom. The van der Waals surface area contributed by atoms with Crippen LogP contribution in [0.25, 0.3) is 10.9 Å². The number of nitrogens with zero attached hydrogens (tertiary/aromatic N) is 1. The quantitative estimate of drug-likeness (QED) is 0.418. The van der Waals surface area contributed by atoms with E-state index in [1.165, 1.54) is 11.8 Å². The molecule has 1 aromatic heterocycles. The molecule has 28 heavy (non-hydrogen) atoms. The molecule has 2 atom stereocenters. The molecule has 0 spiro atoms. The van der Waals surface area contributed by atoms with Crippen molar-refractivity contribution in [1.82, 2.24) is 4.57 Å². The predicted molar refractivity (Wildman–Crippen MR) is 109 cm³/mol. The summed E-state index contributed by atoms with van der Waals surface area (Å²) in [4.78, 5) is 13.3. The van der Waals surface area contributed by atoms with Gasteiger partial charge >= 0.3 is 5.97 Å². The van der Waals surface area contributed by atoms with Gasteiger partial charge in [-0.05, 0) is 52.7 Å². The van der Waals surface area contributed by atoms with E-state index in [0.29, 0.717) is 27.8 Å². The lowest BCUT2D eigenvalue weighted by molar-refractivity contribution is -0.141. The molecular weight excluding hydrogens is 472 g/mol. The summed E-state index contributed by atoms with van der Waals surface area (Å²) in [6, 6.07) is 8.33. The molecule has 0 fully saturated rings. The molecule has 3 aromatic rings. The Bertz CT molecular complexity index is 1100. The van der Waals surface area contributed by atoms with Gasteiger partial charge in [0.15, 0.2) is 11.6 Å². The maximum atomic E-state index is 14.8. The van der Waals surface area contributed by atoms with Crippen molar-refractivity contribution < 1.29 is 18.7 Å². The first-order valence-electron chi connectivity index (χ1n) is 8.65. The number of hydrogen-bond donors (Lipinski definition) is 1. The summed E-state index contributed by atoms with van der Waals surface area (Å²) in [6.45, 7) is 2.10. The zero-order valence-corrected chi connectivity index (χ0v) is 17.8. The van der Waals surface area contributed by atoms with Crippen molar-refractivity contribution in [3.63, 3.8) is 0 Å². The van der Waals surface area contributed by atoms with Gasteiger partial charge in [0.2, 0.25) is 0 Å². The van der Waals surface area contributed by atoms with Crippen molar-refractivity contribution in [2.75, 3.05) is 0 Å². The average Bonchev–Trinajstić information content (AvgIpc) is 3.20. The van der Waals surface area contributed by atoms with Crippen LogP contribution in [-0.4, -0.2) is 15.6 Å². The fourth-order valence-electron chi connectivity index (χ4n) is 3.81. The summed E-state index contributed by atoms with van der Waals surface area (Å²) in [5.41, 5.74) is 0.925. The Balaban J connectivity index is 1.98. The summed E-state index contributed by atoms with van der Waals surface area (Å²) < 4.78 is 31.1. The van der Waals surface area contributed by atoms with Gasteiger partial charge in [0.1, 0.15) is 0 Å². The highest BCUT2D eigenvalue weighted by atomic mass is 79.9. The van der Waals surface area contributed by atoms with Crippen LogP contribution in [0.2, 0.25) is 5.02 Å². The number of fused-ring (bicyclic) bond motifs is 3. The minimum absolute atomic E-state index is 0.179. The van der Waals surface area contributed by atoms with E-state index in [4.69, 9.17) is 11.6 Å². The zero-order chi connectivity index (χ0) is 20.2. The molecule has 8 heteroatoms. The van der Waals surface area contributed by atoms with Crippen LogP contribution in [0.4, 0.5) is 8.78 Å². The van der Waals surface area contributed by atoms with Gasteiger partial charge in [0.05, 0.1) is 11.4 Å². The molecular formula is C20H15BrClF2NO2S. The Morgan fingerprint density at radius 2 is 2.04 bits per heavy atom. The number of carboxylic acid groups (broad SMARTS) is 1. The molecule has 0 amide bonds. The van der Waals surface area contributed by atoms with E-state index >= 15 is 0 Å². The molecule has 1 aliphatic heterocycles. The van der Waals surface area contributed by atoms with Crippen LogP contribution >= 0.6 is 39.3 Å². The van der Waals surface area contributed by atoms with Gasteiger partial charge in [-0.25, -0.2) is 8.78 Å². The Hall–Kier alpha value is -1.57. The van der Waals surface area contributed by atoms with E-state index in [9.17, 15) is 18.7 Å². The molecule has 0 radical (unpaired) electrons. The fraction of sp³-hybridized carbons (Fsp3) is 0.250. The van der Waals surface area contributed by atoms with Crippen LogP contribution in [-0.2, 0) is 11.3 Å². The Labute approximate surface area is 177 Å². The van der Waals surface area contributed by atoms with E-state index < -0.39 is 23.5 Å². The highest BCUT2D eigenvalue weighted by Gasteiger charge is 2.38. The number of aromatic nitrogens is 1. The third-order valence-corrected chi connectivity index (χ3v) is 7.21. The first-order chi connectivity index (χ1) is 13.3. The number of hydrogen-bond acceptors (Lipinski definition) is 2. The fourth-order valence-corrected chi connectivity index (χ4v) is 5.84. The molecule has 0 bridgehead atoms. The van der Waals surface area contributed by atoms with Crippen molar-refractivity contribution in [1.29, 1.82) is 0 Å². The molecule has 0 saturated heterocycles. The molecule has 2 aromatic carbocycles. The summed E-state index contributed by atoms with van der Waals surface area (Å²) in [5, 5.41) is 10.7. The topological polar surface area (TPSA) is 42.2 Å². The maximum absolute atomic E-state index is 14.8. The monoisotopic (exact) mass is 485 g/mol. The Kier molecular flexibility index (Phi) is 5.18. The van der Waals surface area contributed by atoms with Crippen LogP contribution < -0.4 is 0 Å². The third kappa shape index (κ3) is 3.13. The van der Waals surface area contributed by atoms with Crippen LogP contribution in [0.3, 0.4) is 0 Å². The molecule has 1 N–H and O–H groups in total. The zero-order valence-electron chi connectivity index (χ0n) is 14.7. The number of carboxylic acids is 1. The number of halogens is 4. The maximum Gasteiger partial charge on any atom is 0.306 e. The van der Waals surface area contributed by atoms with E-state index in [0.717, 1.165) is 21.6 Å². The molecule has 4 rings (SSSR count). The van der Waals surface area contributed by atoms with E-state index in [1.807, 2.05) is 12.1 Å². The second-order valence-corrected chi connectivity index (χ2v) is 9.20. The number of benzene rings is 2. The average molecular weight is 487 g/mol. The number of aliphatic carboxylic acids is 1. The molecule has 2 unspecified atom stereocenters. The first-order valence-corrected chi connectivity index (χ1v) is 10.6. The minimum Gasteiger partial charge on any atom is -0.481 e. The SMILES string of the molecule is CC(C(=O)O)C1CCn2c1c(Sc1ccc(Cl)cc1)c1c(Br)cc(F)c(F)c12. The van der Waals surface area contributed by atoms with Gasteiger partial charge in [-0.2, -0.15) is 0 Å². The smallest absolute Gasteiger partial charge is 0.306 e. The van der Waals surface area contributed by atoms with Gasteiger partial charge in [-0.3, -0.25) is 4.79 Å². The highest BCUT2D eigenvalue weighted by Crippen LogP contribution is 2.50. The van der Waals surface area contributed by atoms with Crippen molar-refractivity contribution in [3.8, 4) is 0 Å². The molecule has 0 saturated carbocycles.